The fourth-order valence-corrected chi connectivity index (χ4v) is 1.54. The third-order valence-corrected chi connectivity index (χ3v) is 2.45. The Hall–Kier alpha value is -1.64. The molecule has 0 saturated carbocycles. The van der Waals surface area contributed by atoms with Gasteiger partial charge in [0.05, 0.1) is 0 Å². The molecule has 0 aromatic heterocycles. The number of primary amides is 1. The van der Waals surface area contributed by atoms with Crippen LogP contribution in [0.15, 0.2) is 24.3 Å². The van der Waals surface area contributed by atoms with E-state index in [-0.39, 0.29) is 18.6 Å². The van der Waals surface area contributed by atoms with E-state index in [1.807, 2.05) is 24.3 Å². The summed E-state index contributed by atoms with van der Waals surface area (Å²) in [5, 5.41) is 0. The van der Waals surface area contributed by atoms with Gasteiger partial charge in [-0.05, 0) is 17.5 Å². The average molecular weight is 219 g/mol. The molecule has 86 valence electrons. The van der Waals surface area contributed by atoms with Crippen molar-refractivity contribution < 1.29 is 9.59 Å². The van der Waals surface area contributed by atoms with Gasteiger partial charge in [-0.15, -0.1) is 0 Å². The lowest BCUT2D eigenvalue weighted by molar-refractivity contribution is -0.123. The molecule has 0 aliphatic heterocycles. The van der Waals surface area contributed by atoms with Crippen LogP contribution in [0.4, 0.5) is 0 Å². The molecule has 1 aromatic carbocycles. The van der Waals surface area contributed by atoms with E-state index in [0.717, 1.165) is 12.0 Å². The number of carbonyl (C=O) groups is 2. The molecule has 0 atom stereocenters. The van der Waals surface area contributed by atoms with Gasteiger partial charge < -0.3 is 5.73 Å². The molecule has 0 saturated heterocycles. The third-order valence-electron chi connectivity index (χ3n) is 2.45. The van der Waals surface area contributed by atoms with Gasteiger partial charge in [0.25, 0.3) is 0 Å². The van der Waals surface area contributed by atoms with Crippen LogP contribution in [0.1, 0.15) is 30.9 Å². The van der Waals surface area contributed by atoms with E-state index in [2.05, 4.69) is 6.92 Å². The minimum atomic E-state index is -0.421. The molecule has 2 N–H and O–H groups in total. The van der Waals surface area contributed by atoms with Gasteiger partial charge in [0, 0.05) is 19.3 Å². The lowest BCUT2D eigenvalue weighted by atomic mass is 10.0. The summed E-state index contributed by atoms with van der Waals surface area (Å²) in [7, 11) is 0. The zero-order chi connectivity index (χ0) is 12.0. The SMILES string of the molecule is CCc1cccc(CC(=O)CCC(N)=O)c1. The van der Waals surface area contributed by atoms with Crippen LogP contribution in [0.25, 0.3) is 0 Å². The standard InChI is InChI=1S/C13H17NO2/c1-2-10-4-3-5-11(8-10)9-12(15)6-7-13(14)16/h3-5,8H,2,6-7,9H2,1H3,(H2,14,16). The first-order valence-corrected chi connectivity index (χ1v) is 5.49. The van der Waals surface area contributed by atoms with Crippen LogP contribution in [0, 0.1) is 0 Å². The molecule has 0 aliphatic carbocycles. The number of aryl methyl sites for hydroxylation is 1. The monoisotopic (exact) mass is 219 g/mol. The molecule has 1 amide bonds. The summed E-state index contributed by atoms with van der Waals surface area (Å²) in [6.45, 7) is 2.08. The van der Waals surface area contributed by atoms with E-state index in [4.69, 9.17) is 5.73 Å². The Kier molecular flexibility index (Phi) is 4.70. The highest BCUT2D eigenvalue weighted by atomic mass is 16.1. The van der Waals surface area contributed by atoms with Gasteiger partial charge in [-0.2, -0.15) is 0 Å². The summed E-state index contributed by atoms with van der Waals surface area (Å²) in [5.41, 5.74) is 7.22. The second-order valence-corrected chi connectivity index (χ2v) is 3.86. The highest BCUT2D eigenvalue weighted by Crippen LogP contribution is 2.08. The molecular formula is C13H17NO2. The van der Waals surface area contributed by atoms with Crippen molar-refractivity contribution in [3.8, 4) is 0 Å². The Balaban J connectivity index is 2.52. The topological polar surface area (TPSA) is 60.2 Å². The first-order chi connectivity index (χ1) is 7.61. The number of rotatable bonds is 6. The van der Waals surface area contributed by atoms with Crippen LogP contribution in [0.2, 0.25) is 0 Å². The zero-order valence-electron chi connectivity index (χ0n) is 9.53. The van der Waals surface area contributed by atoms with Crippen molar-refractivity contribution in [1.82, 2.24) is 0 Å². The molecule has 0 radical (unpaired) electrons. The van der Waals surface area contributed by atoms with E-state index >= 15 is 0 Å². The molecule has 0 fully saturated rings. The van der Waals surface area contributed by atoms with Gasteiger partial charge >= 0.3 is 0 Å². The first-order valence-electron chi connectivity index (χ1n) is 5.49. The normalized spacial score (nSPS) is 10.1. The van der Waals surface area contributed by atoms with Crippen molar-refractivity contribution in [2.45, 2.75) is 32.6 Å². The highest BCUT2D eigenvalue weighted by Gasteiger charge is 2.06. The minimum absolute atomic E-state index is 0.0621. The van der Waals surface area contributed by atoms with Gasteiger partial charge in [0.2, 0.25) is 5.91 Å². The lowest BCUT2D eigenvalue weighted by Crippen LogP contribution is -2.13. The molecule has 0 unspecified atom stereocenters. The quantitative estimate of drug-likeness (QED) is 0.790. The van der Waals surface area contributed by atoms with Crippen LogP contribution in [-0.4, -0.2) is 11.7 Å². The van der Waals surface area contributed by atoms with Gasteiger partial charge in [-0.3, -0.25) is 9.59 Å². The zero-order valence-corrected chi connectivity index (χ0v) is 9.53. The largest absolute Gasteiger partial charge is 0.370 e. The molecule has 0 aliphatic rings. The first kappa shape index (κ1) is 12.4. The maximum absolute atomic E-state index is 11.5. The number of carbonyl (C=O) groups excluding carboxylic acids is 2. The number of Topliss-reactive ketones (excluding diaryl/α,β-unsaturated/α-hetero) is 1. The molecule has 3 heteroatoms. The predicted octanol–water partition coefficient (Wildman–Crippen LogP) is 1.63. The van der Waals surface area contributed by atoms with E-state index in [9.17, 15) is 9.59 Å². The second-order valence-electron chi connectivity index (χ2n) is 3.86. The Morgan fingerprint density at radius 1 is 1.19 bits per heavy atom. The van der Waals surface area contributed by atoms with Crippen molar-refractivity contribution in [1.29, 1.82) is 0 Å². The van der Waals surface area contributed by atoms with Gasteiger partial charge in [-0.25, -0.2) is 0 Å². The van der Waals surface area contributed by atoms with Gasteiger partial charge in [0.1, 0.15) is 5.78 Å². The number of hydrogen-bond acceptors (Lipinski definition) is 2. The van der Waals surface area contributed by atoms with Crippen molar-refractivity contribution in [3.63, 3.8) is 0 Å². The van der Waals surface area contributed by atoms with Crippen LogP contribution < -0.4 is 5.73 Å². The van der Waals surface area contributed by atoms with Crippen molar-refractivity contribution in [2.75, 3.05) is 0 Å². The second kappa shape index (κ2) is 6.05. The van der Waals surface area contributed by atoms with Gasteiger partial charge in [0.15, 0.2) is 0 Å². The average Bonchev–Trinajstić information content (AvgIpc) is 2.26. The van der Waals surface area contributed by atoms with E-state index in [1.54, 1.807) is 0 Å². The highest BCUT2D eigenvalue weighted by molar-refractivity contribution is 5.85. The van der Waals surface area contributed by atoms with E-state index in [0.29, 0.717) is 6.42 Å². The number of ketones is 1. The van der Waals surface area contributed by atoms with Crippen LogP contribution in [-0.2, 0) is 22.4 Å². The Morgan fingerprint density at radius 2 is 1.88 bits per heavy atom. The van der Waals surface area contributed by atoms with Crippen LogP contribution >= 0.6 is 0 Å². The summed E-state index contributed by atoms with van der Waals surface area (Å²) >= 11 is 0. The Morgan fingerprint density at radius 3 is 2.50 bits per heavy atom. The molecule has 0 heterocycles. The molecule has 16 heavy (non-hydrogen) atoms. The Labute approximate surface area is 95.6 Å². The van der Waals surface area contributed by atoms with E-state index < -0.39 is 5.91 Å². The van der Waals surface area contributed by atoms with Crippen molar-refractivity contribution in [2.24, 2.45) is 5.73 Å². The van der Waals surface area contributed by atoms with Crippen LogP contribution in [0.5, 0.6) is 0 Å². The van der Waals surface area contributed by atoms with Crippen LogP contribution in [0.3, 0.4) is 0 Å². The molecule has 1 aromatic rings. The molecular weight excluding hydrogens is 202 g/mol. The fraction of sp³-hybridized carbons (Fsp3) is 0.385. The number of hydrogen-bond donors (Lipinski definition) is 1. The van der Waals surface area contributed by atoms with Crippen molar-refractivity contribution in [3.05, 3.63) is 35.4 Å². The molecule has 0 spiro atoms. The lowest BCUT2D eigenvalue weighted by Gasteiger charge is -2.02. The number of amides is 1. The minimum Gasteiger partial charge on any atom is -0.370 e. The van der Waals surface area contributed by atoms with E-state index in [1.165, 1.54) is 5.56 Å². The number of nitrogens with two attached hydrogens (primary N) is 1. The summed E-state index contributed by atoms with van der Waals surface area (Å²) in [4.78, 5) is 22.0. The number of benzene rings is 1. The maximum Gasteiger partial charge on any atom is 0.217 e. The van der Waals surface area contributed by atoms with Gasteiger partial charge in [-0.1, -0.05) is 31.2 Å². The molecule has 1 rings (SSSR count). The molecule has 3 nitrogen and oxygen atoms in total. The van der Waals surface area contributed by atoms with Crippen molar-refractivity contribution >= 4 is 11.7 Å². The molecule has 0 bridgehead atoms. The Bertz CT molecular complexity index is 385. The maximum atomic E-state index is 11.5. The smallest absolute Gasteiger partial charge is 0.217 e. The fourth-order valence-electron chi connectivity index (χ4n) is 1.54. The predicted molar refractivity (Wildman–Crippen MR) is 63.0 cm³/mol. The summed E-state index contributed by atoms with van der Waals surface area (Å²) in [6, 6.07) is 7.95. The summed E-state index contributed by atoms with van der Waals surface area (Å²) < 4.78 is 0. The summed E-state index contributed by atoms with van der Waals surface area (Å²) in [5.74, 6) is -0.359. The third kappa shape index (κ3) is 4.26. The summed E-state index contributed by atoms with van der Waals surface area (Å²) in [6.07, 6.45) is 1.74.